The van der Waals surface area contributed by atoms with E-state index in [1.165, 1.54) is 5.56 Å². The van der Waals surface area contributed by atoms with Crippen molar-refractivity contribution in [3.05, 3.63) is 48.3 Å². The summed E-state index contributed by atoms with van der Waals surface area (Å²) < 4.78 is 1.83. The molecule has 0 radical (unpaired) electrons. The van der Waals surface area contributed by atoms with Crippen molar-refractivity contribution in [2.45, 2.75) is 39.7 Å². The number of aliphatic imine (C=N–C) groups is 1. The summed E-state index contributed by atoms with van der Waals surface area (Å²) in [6, 6.07) is 10.2. The maximum absolute atomic E-state index is 11.9. The highest BCUT2D eigenvalue weighted by molar-refractivity contribution is 14.0. The van der Waals surface area contributed by atoms with Gasteiger partial charge in [0.05, 0.1) is 5.69 Å². The molecular weight excluding hydrogens is 467 g/mol. The van der Waals surface area contributed by atoms with Gasteiger partial charge >= 0.3 is 0 Å². The van der Waals surface area contributed by atoms with Crippen molar-refractivity contribution in [2.24, 2.45) is 4.99 Å². The van der Waals surface area contributed by atoms with Crippen molar-refractivity contribution in [2.75, 3.05) is 19.6 Å². The summed E-state index contributed by atoms with van der Waals surface area (Å²) in [5.41, 5.74) is 2.01. The Balaban J connectivity index is 0.00000392. The first-order valence-corrected chi connectivity index (χ1v) is 9.29. The molecule has 1 aromatic carbocycles. The lowest BCUT2D eigenvalue weighted by Crippen LogP contribution is -2.43. The molecule has 2 rings (SSSR count). The van der Waals surface area contributed by atoms with Crippen LogP contribution in [0.2, 0.25) is 0 Å². The number of carbonyl (C=O) groups excluding carboxylic acids is 1. The van der Waals surface area contributed by atoms with Gasteiger partial charge in [-0.15, -0.1) is 24.0 Å². The van der Waals surface area contributed by atoms with Gasteiger partial charge in [0, 0.05) is 31.0 Å². The van der Waals surface area contributed by atoms with Crippen LogP contribution in [0.15, 0.2) is 47.7 Å². The molecule has 0 saturated heterocycles. The van der Waals surface area contributed by atoms with Crippen LogP contribution in [-0.2, 0) is 11.2 Å². The number of nitrogens with zero attached hydrogens (tertiary/aromatic N) is 3. The number of hydrogen-bond acceptors (Lipinski definition) is 3. The molecule has 7 nitrogen and oxygen atoms in total. The summed E-state index contributed by atoms with van der Waals surface area (Å²) in [4.78, 5) is 16.3. The molecule has 1 amide bonds. The van der Waals surface area contributed by atoms with Crippen molar-refractivity contribution in [1.82, 2.24) is 25.7 Å². The van der Waals surface area contributed by atoms with Crippen molar-refractivity contribution in [3.8, 4) is 5.69 Å². The molecule has 3 N–H and O–H groups in total. The summed E-state index contributed by atoms with van der Waals surface area (Å²) in [7, 11) is 0. The Hall–Kier alpha value is -2.10. The largest absolute Gasteiger partial charge is 0.357 e. The average Bonchev–Trinajstić information content (AvgIpc) is 3.13. The van der Waals surface area contributed by atoms with Crippen molar-refractivity contribution in [3.63, 3.8) is 0 Å². The monoisotopic (exact) mass is 498 g/mol. The van der Waals surface area contributed by atoms with Gasteiger partial charge in [-0.3, -0.25) is 4.79 Å². The molecule has 0 aliphatic carbocycles. The molecule has 8 heteroatoms. The number of carbonyl (C=O) groups is 1. The Morgan fingerprint density at radius 3 is 2.46 bits per heavy atom. The van der Waals surface area contributed by atoms with Crippen LogP contribution in [-0.4, -0.2) is 46.8 Å². The molecule has 1 aromatic heterocycles. The number of halogens is 1. The summed E-state index contributed by atoms with van der Waals surface area (Å²) in [6.45, 7) is 9.44. The Labute approximate surface area is 184 Å². The molecule has 0 aliphatic rings. The van der Waals surface area contributed by atoms with Crippen LogP contribution in [0.5, 0.6) is 0 Å². The van der Waals surface area contributed by atoms with E-state index < -0.39 is 0 Å². The normalized spacial score (nSPS) is 11.5. The van der Waals surface area contributed by atoms with Crippen LogP contribution in [0.1, 0.15) is 33.3 Å². The van der Waals surface area contributed by atoms with E-state index in [0.717, 1.165) is 25.2 Å². The molecule has 0 atom stereocenters. The summed E-state index contributed by atoms with van der Waals surface area (Å²) >= 11 is 0. The van der Waals surface area contributed by atoms with E-state index in [1.54, 1.807) is 6.20 Å². The van der Waals surface area contributed by atoms with Crippen LogP contribution in [0.4, 0.5) is 0 Å². The minimum atomic E-state index is -0.249. The zero-order chi connectivity index (χ0) is 19.7. The van der Waals surface area contributed by atoms with Crippen LogP contribution in [0, 0.1) is 0 Å². The molecule has 28 heavy (non-hydrogen) atoms. The minimum absolute atomic E-state index is 0. The van der Waals surface area contributed by atoms with E-state index in [9.17, 15) is 4.79 Å². The quantitative estimate of drug-likeness (QED) is 0.311. The Morgan fingerprint density at radius 1 is 1.18 bits per heavy atom. The standard InChI is InChI=1S/C20H30N6O.HI/c1-5-21-19(23-15-18(27)25-20(2,3)4)22-13-11-16-7-9-17(10-8-16)26-14-6-12-24-26;/h6-10,12,14H,5,11,13,15H2,1-4H3,(H,25,27)(H2,21,22,23);1H. The highest BCUT2D eigenvalue weighted by Gasteiger charge is 2.13. The summed E-state index contributed by atoms with van der Waals surface area (Å²) in [6.07, 6.45) is 4.55. The van der Waals surface area contributed by atoms with E-state index >= 15 is 0 Å². The predicted octanol–water partition coefficient (Wildman–Crippen LogP) is 2.50. The molecule has 0 fully saturated rings. The van der Waals surface area contributed by atoms with E-state index in [2.05, 4.69) is 50.3 Å². The van der Waals surface area contributed by atoms with Crippen molar-refractivity contribution >= 4 is 35.8 Å². The zero-order valence-electron chi connectivity index (χ0n) is 17.0. The third-order valence-electron chi connectivity index (χ3n) is 3.65. The summed E-state index contributed by atoms with van der Waals surface area (Å²) in [5.74, 6) is 0.559. The number of aromatic nitrogens is 2. The molecule has 0 unspecified atom stereocenters. The molecule has 0 saturated carbocycles. The van der Waals surface area contributed by atoms with Gasteiger partial charge in [0.25, 0.3) is 0 Å². The third-order valence-corrected chi connectivity index (χ3v) is 3.65. The Kier molecular flexibility index (Phi) is 9.98. The van der Waals surface area contributed by atoms with Gasteiger partial charge in [-0.05, 0) is 57.9 Å². The maximum atomic E-state index is 11.9. The fourth-order valence-corrected chi connectivity index (χ4v) is 2.51. The topological polar surface area (TPSA) is 83.3 Å². The number of hydrogen-bond donors (Lipinski definition) is 3. The van der Waals surface area contributed by atoms with E-state index in [-0.39, 0.29) is 42.0 Å². The minimum Gasteiger partial charge on any atom is -0.357 e. The average molecular weight is 498 g/mol. The van der Waals surface area contributed by atoms with Gasteiger partial charge in [0.15, 0.2) is 5.96 Å². The highest BCUT2D eigenvalue weighted by atomic mass is 127. The van der Waals surface area contributed by atoms with Gasteiger partial charge in [-0.1, -0.05) is 12.1 Å². The molecule has 2 aromatic rings. The first kappa shape index (κ1) is 23.9. The molecule has 0 spiro atoms. The second-order valence-corrected chi connectivity index (χ2v) is 7.29. The lowest BCUT2D eigenvalue weighted by atomic mass is 10.1. The number of guanidine groups is 1. The first-order valence-electron chi connectivity index (χ1n) is 9.29. The third kappa shape index (κ3) is 8.73. The van der Waals surface area contributed by atoms with Gasteiger partial charge in [0.1, 0.15) is 6.54 Å². The predicted molar refractivity (Wildman–Crippen MR) is 125 cm³/mol. The van der Waals surface area contributed by atoms with Gasteiger partial charge in [-0.25, -0.2) is 9.67 Å². The van der Waals surface area contributed by atoms with Crippen LogP contribution >= 0.6 is 24.0 Å². The Morgan fingerprint density at radius 2 is 1.89 bits per heavy atom. The lowest BCUT2D eigenvalue weighted by molar-refractivity contribution is -0.121. The Bertz CT molecular complexity index is 735. The van der Waals surface area contributed by atoms with E-state index in [4.69, 9.17) is 0 Å². The first-order chi connectivity index (χ1) is 12.9. The zero-order valence-corrected chi connectivity index (χ0v) is 19.4. The summed E-state index contributed by atoms with van der Waals surface area (Å²) in [5, 5.41) is 13.6. The molecular formula is C20H31IN6O. The number of rotatable bonds is 7. The molecule has 1 heterocycles. The van der Waals surface area contributed by atoms with Crippen molar-refractivity contribution in [1.29, 1.82) is 0 Å². The fraction of sp³-hybridized carbons (Fsp3) is 0.450. The second-order valence-electron chi connectivity index (χ2n) is 7.29. The smallest absolute Gasteiger partial charge is 0.242 e. The van der Waals surface area contributed by atoms with Crippen LogP contribution in [0.25, 0.3) is 5.69 Å². The van der Waals surface area contributed by atoms with Crippen LogP contribution in [0.3, 0.4) is 0 Å². The van der Waals surface area contributed by atoms with Crippen LogP contribution < -0.4 is 16.0 Å². The molecule has 0 bridgehead atoms. The number of amides is 1. The van der Waals surface area contributed by atoms with E-state index in [0.29, 0.717) is 5.96 Å². The molecule has 154 valence electrons. The van der Waals surface area contributed by atoms with Gasteiger partial charge in [-0.2, -0.15) is 5.10 Å². The van der Waals surface area contributed by atoms with Gasteiger partial charge < -0.3 is 16.0 Å². The SMILES string of the molecule is CCNC(=NCC(=O)NC(C)(C)C)NCCc1ccc(-n2cccn2)cc1.I. The highest BCUT2D eigenvalue weighted by Crippen LogP contribution is 2.08. The molecule has 0 aliphatic heterocycles. The maximum Gasteiger partial charge on any atom is 0.242 e. The lowest BCUT2D eigenvalue weighted by Gasteiger charge is -2.20. The van der Waals surface area contributed by atoms with E-state index in [1.807, 2.05) is 44.6 Å². The number of benzene rings is 1. The fourth-order valence-electron chi connectivity index (χ4n) is 2.51. The van der Waals surface area contributed by atoms with Gasteiger partial charge in [0.2, 0.25) is 5.91 Å². The van der Waals surface area contributed by atoms with Crippen molar-refractivity contribution < 1.29 is 4.79 Å². The second kappa shape index (κ2) is 11.7. The number of nitrogens with one attached hydrogen (secondary N) is 3.